The molecule has 0 radical (unpaired) electrons. The van der Waals surface area contributed by atoms with E-state index >= 15 is 0 Å². The van der Waals surface area contributed by atoms with Gasteiger partial charge in [-0.2, -0.15) is 0 Å². The lowest BCUT2D eigenvalue weighted by Crippen LogP contribution is -2.22. The van der Waals surface area contributed by atoms with Crippen LogP contribution in [0.15, 0.2) is 12.1 Å². The lowest BCUT2D eigenvalue weighted by molar-refractivity contribution is 0.457. The Bertz CT molecular complexity index is 389. The van der Waals surface area contributed by atoms with Crippen molar-refractivity contribution in [3.8, 4) is 0 Å². The van der Waals surface area contributed by atoms with E-state index in [-0.39, 0.29) is 0 Å². The van der Waals surface area contributed by atoms with Crippen LogP contribution in [-0.4, -0.2) is 6.54 Å². The molecule has 0 spiro atoms. The Kier molecular flexibility index (Phi) is 3.16. The van der Waals surface area contributed by atoms with Gasteiger partial charge in [0.2, 0.25) is 0 Å². The quantitative estimate of drug-likeness (QED) is 0.837. The summed E-state index contributed by atoms with van der Waals surface area (Å²) in [6.07, 6.45) is 0. The van der Waals surface area contributed by atoms with Gasteiger partial charge in [0.1, 0.15) is 0 Å². The Balaban J connectivity index is 1.88. The largest absolute Gasteiger partial charge is 0.309 e. The first kappa shape index (κ1) is 13.1. The summed E-state index contributed by atoms with van der Waals surface area (Å²) in [4.78, 5) is 2.86. The first-order valence-electron chi connectivity index (χ1n) is 6.56. The molecule has 2 rings (SSSR count). The zero-order chi connectivity index (χ0) is 12.8. The van der Waals surface area contributed by atoms with Gasteiger partial charge in [-0.05, 0) is 49.3 Å². The molecule has 0 bridgehead atoms. The molecule has 1 N–H and O–H groups in total. The third kappa shape index (κ3) is 2.17. The number of hydrogen-bond donors (Lipinski definition) is 1. The van der Waals surface area contributed by atoms with Gasteiger partial charge >= 0.3 is 0 Å². The van der Waals surface area contributed by atoms with Crippen molar-refractivity contribution in [3.05, 3.63) is 21.9 Å². The summed E-state index contributed by atoms with van der Waals surface area (Å²) in [7, 11) is 0. The van der Waals surface area contributed by atoms with Gasteiger partial charge in [-0.25, -0.2) is 0 Å². The van der Waals surface area contributed by atoms with Crippen molar-refractivity contribution in [2.24, 2.45) is 16.7 Å². The summed E-state index contributed by atoms with van der Waals surface area (Å²) in [5.41, 5.74) is 0.982. The maximum absolute atomic E-state index is 3.70. The Morgan fingerprint density at radius 3 is 2.24 bits per heavy atom. The molecule has 0 aliphatic heterocycles. The van der Waals surface area contributed by atoms with E-state index in [0.717, 1.165) is 12.5 Å². The van der Waals surface area contributed by atoms with Crippen LogP contribution in [-0.2, 0) is 0 Å². The Morgan fingerprint density at radius 2 is 1.82 bits per heavy atom. The fourth-order valence-corrected chi connectivity index (χ4v) is 3.83. The molecule has 1 aliphatic rings. The molecule has 0 saturated heterocycles. The molecule has 1 heterocycles. The van der Waals surface area contributed by atoms with E-state index in [4.69, 9.17) is 0 Å². The van der Waals surface area contributed by atoms with E-state index in [1.54, 1.807) is 0 Å². The number of thiophene rings is 1. The standard InChI is InChI=1S/C15H25NS/c1-10-7-8-12(17-10)11(2)16-9-13-14(3,4)15(13,5)6/h7-8,11,13,16H,9H2,1-6H3. The van der Waals surface area contributed by atoms with Crippen molar-refractivity contribution in [3.63, 3.8) is 0 Å². The van der Waals surface area contributed by atoms with Gasteiger partial charge in [0.25, 0.3) is 0 Å². The molecule has 1 aliphatic carbocycles. The maximum atomic E-state index is 3.70. The predicted octanol–water partition coefficient (Wildman–Crippen LogP) is 4.39. The SMILES string of the molecule is Cc1ccc(C(C)NCC2C(C)(C)C2(C)C)s1. The minimum atomic E-state index is 0.487. The summed E-state index contributed by atoms with van der Waals surface area (Å²) < 4.78 is 0. The topological polar surface area (TPSA) is 12.0 Å². The fraction of sp³-hybridized carbons (Fsp3) is 0.733. The first-order chi connectivity index (χ1) is 7.76. The average Bonchev–Trinajstić information content (AvgIpc) is 2.55. The molecule has 2 heteroatoms. The highest BCUT2D eigenvalue weighted by Gasteiger charge is 2.63. The van der Waals surface area contributed by atoms with Crippen LogP contribution in [0.1, 0.15) is 50.4 Å². The second-order valence-electron chi connectivity index (χ2n) is 6.57. The second kappa shape index (κ2) is 4.10. The van der Waals surface area contributed by atoms with Crippen LogP contribution in [0.25, 0.3) is 0 Å². The van der Waals surface area contributed by atoms with Gasteiger partial charge < -0.3 is 5.32 Å². The highest BCUT2D eigenvalue weighted by molar-refractivity contribution is 7.12. The molecule has 1 atom stereocenters. The Morgan fingerprint density at radius 1 is 1.24 bits per heavy atom. The van der Waals surface area contributed by atoms with E-state index in [9.17, 15) is 0 Å². The maximum Gasteiger partial charge on any atom is 0.0386 e. The molecule has 1 fully saturated rings. The van der Waals surface area contributed by atoms with Crippen molar-refractivity contribution < 1.29 is 0 Å². The van der Waals surface area contributed by atoms with Gasteiger partial charge in [-0.3, -0.25) is 0 Å². The van der Waals surface area contributed by atoms with Crippen molar-refractivity contribution in [2.45, 2.75) is 47.6 Å². The van der Waals surface area contributed by atoms with Gasteiger partial charge in [-0.1, -0.05) is 27.7 Å². The molecule has 17 heavy (non-hydrogen) atoms. The summed E-state index contributed by atoms with van der Waals surface area (Å²) in [6, 6.07) is 4.95. The molecule has 0 aromatic carbocycles. The highest BCUT2D eigenvalue weighted by Crippen LogP contribution is 2.68. The third-order valence-corrected chi connectivity index (χ3v) is 6.32. The minimum Gasteiger partial charge on any atom is -0.309 e. The van der Waals surface area contributed by atoms with Crippen LogP contribution in [0.5, 0.6) is 0 Å². The average molecular weight is 251 g/mol. The molecule has 1 unspecified atom stereocenters. The normalized spacial score (nSPS) is 23.6. The monoisotopic (exact) mass is 251 g/mol. The molecule has 0 amide bonds. The summed E-state index contributed by atoms with van der Waals surface area (Å²) >= 11 is 1.91. The Labute approximate surface area is 110 Å². The van der Waals surface area contributed by atoms with E-state index in [1.807, 2.05) is 11.3 Å². The van der Waals surface area contributed by atoms with Crippen LogP contribution < -0.4 is 5.32 Å². The summed E-state index contributed by atoms with van der Waals surface area (Å²) in [6.45, 7) is 15.1. The number of aryl methyl sites for hydroxylation is 1. The summed E-state index contributed by atoms with van der Waals surface area (Å²) in [5, 5.41) is 3.70. The molecule has 1 nitrogen and oxygen atoms in total. The minimum absolute atomic E-state index is 0.487. The van der Waals surface area contributed by atoms with Crippen molar-refractivity contribution >= 4 is 11.3 Å². The lowest BCUT2D eigenvalue weighted by Gasteiger charge is -2.13. The van der Waals surface area contributed by atoms with E-state index < -0.39 is 0 Å². The zero-order valence-electron chi connectivity index (χ0n) is 11.9. The number of rotatable bonds is 4. The first-order valence-corrected chi connectivity index (χ1v) is 7.38. The predicted molar refractivity (Wildman–Crippen MR) is 76.5 cm³/mol. The number of hydrogen-bond acceptors (Lipinski definition) is 2. The van der Waals surface area contributed by atoms with Crippen molar-refractivity contribution in [2.75, 3.05) is 6.54 Å². The second-order valence-corrected chi connectivity index (χ2v) is 7.89. The molecule has 1 aromatic heterocycles. The highest BCUT2D eigenvalue weighted by atomic mass is 32.1. The Hall–Kier alpha value is -0.340. The summed E-state index contributed by atoms with van der Waals surface area (Å²) in [5.74, 6) is 0.804. The van der Waals surface area contributed by atoms with Crippen LogP contribution in [0.2, 0.25) is 0 Å². The van der Waals surface area contributed by atoms with Gasteiger partial charge in [-0.15, -0.1) is 11.3 Å². The van der Waals surface area contributed by atoms with E-state index in [2.05, 4.69) is 59.0 Å². The molecule has 1 saturated carbocycles. The molecular weight excluding hydrogens is 226 g/mol. The van der Waals surface area contributed by atoms with Crippen molar-refractivity contribution in [1.82, 2.24) is 5.32 Å². The number of nitrogens with one attached hydrogen (secondary N) is 1. The zero-order valence-corrected chi connectivity index (χ0v) is 12.7. The smallest absolute Gasteiger partial charge is 0.0386 e. The van der Waals surface area contributed by atoms with Gasteiger partial charge in [0, 0.05) is 15.8 Å². The van der Waals surface area contributed by atoms with Crippen molar-refractivity contribution in [1.29, 1.82) is 0 Å². The van der Waals surface area contributed by atoms with Crippen LogP contribution in [0, 0.1) is 23.7 Å². The lowest BCUT2D eigenvalue weighted by atomic mass is 10.0. The van der Waals surface area contributed by atoms with Gasteiger partial charge in [0.05, 0.1) is 0 Å². The van der Waals surface area contributed by atoms with Gasteiger partial charge in [0.15, 0.2) is 0 Å². The third-order valence-electron chi connectivity index (χ3n) is 5.14. The van der Waals surface area contributed by atoms with Crippen LogP contribution >= 0.6 is 11.3 Å². The van der Waals surface area contributed by atoms with E-state index in [1.165, 1.54) is 9.75 Å². The molecule has 1 aromatic rings. The van der Waals surface area contributed by atoms with E-state index in [0.29, 0.717) is 16.9 Å². The molecule has 96 valence electrons. The van der Waals surface area contributed by atoms with Crippen LogP contribution in [0.4, 0.5) is 0 Å². The van der Waals surface area contributed by atoms with Crippen LogP contribution in [0.3, 0.4) is 0 Å². The fourth-order valence-electron chi connectivity index (χ4n) is 2.92. The molecular formula is C15H25NS.